The van der Waals surface area contributed by atoms with Gasteiger partial charge in [0.2, 0.25) is 0 Å². The number of nitrogens with one attached hydrogen (secondary N) is 2. The summed E-state index contributed by atoms with van der Waals surface area (Å²) in [6.45, 7) is 11.2. The van der Waals surface area contributed by atoms with E-state index in [1.807, 2.05) is 31.4 Å². The second-order valence-corrected chi connectivity index (χ2v) is 8.15. The molecule has 24 heavy (non-hydrogen) atoms. The van der Waals surface area contributed by atoms with Crippen LogP contribution in [0, 0.1) is 5.41 Å². The molecule has 0 radical (unpaired) electrons. The van der Waals surface area contributed by atoms with Crippen LogP contribution in [0.3, 0.4) is 0 Å². The third-order valence-corrected chi connectivity index (χ3v) is 4.53. The zero-order valence-corrected chi connectivity index (χ0v) is 18.9. The van der Waals surface area contributed by atoms with E-state index in [-0.39, 0.29) is 29.4 Å². The molecule has 0 aliphatic rings. The van der Waals surface area contributed by atoms with Gasteiger partial charge in [0.15, 0.2) is 5.96 Å². The topological polar surface area (TPSA) is 59.9 Å². The van der Waals surface area contributed by atoms with Crippen LogP contribution in [0.1, 0.15) is 32.6 Å². The highest BCUT2D eigenvalue weighted by Gasteiger charge is 2.24. The number of rotatable bonds is 8. The van der Waals surface area contributed by atoms with Crippen molar-refractivity contribution in [3.05, 3.63) is 22.4 Å². The molecule has 1 unspecified atom stereocenters. The smallest absolute Gasteiger partial charge is 0.191 e. The molecule has 1 rings (SSSR count). The van der Waals surface area contributed by atoms with Crippen molar-refractivity contribution in [2.75, 3.05) is 40.3 Å². The highest BCUT2D eigenvalue weighted by molar-refractivity contribution is 14.0. The number of aliphatic hydroxyl groups is 1. The SMILES string of the molecule is CCNC(=NCC(C)(C)CN(C)C)NCC(C)(O)c1cccs1.I. The van der Waals surface area contributed by atoms with Crippen LogP contribution in [-0.2, 0) is 5.60 Å². The van der Waals surface area contributed by atoms with Crippen molar-refractivity contribution < 1.29 is 5.11 Å². The largest absolute Gasteiger partial charge is 0.383 e. The second kappa shape index (κ2) is 10.6. The zero-order valence-electron chi connectivity index (χ0n) is 15.7. The Labute approximate surface area is 168 Å². The maximum Gasteiger partial charge on any atom is 0.191 e. The third kappa shape index (κ3) is 8.64. The zero-order chi connectivity index (χ0) is 17.5. The van der Waals surface area contributed by atoms with Gasteiger partial charge in [-0.05, 0) is 44.8 Å². The maximum atomic E-state index is 10.6. The number of hydrogen-bond acceptors (Lipinski definition) is 4. The fourth-order valence-corrected chi connectivity index (χ4v) is 3.26. The lowest BCUT2D eigenvalue weighted by atomic mass is 9.93. The predicted molar refractivity (Wildman–Crippen MR) is 116 cm³/mol. The van der Waals surface area contributed by atoms with E-state index in [0.717, 1.165) is 30.5 Å². The van der Waals surface area contributed by atoms with Crippen LogP contribution in [0.5, 0.6) is 0 Å². The van der Waals surface area contributed by atoms with Crippen molar-refractivity contribution in [2.24, 2.45) is 10.4 Å². The molecule has 0 saturated carbocycles. The summed E-state index contributed by atoms with van der Waals surface area (Å²) in [7, 11) is 4.15. The molecule has 3 N–H and O–H groups in total. The number of halogens is 1. The summed E-state index contributed by atoms with van der Waals surface area (Å²) in [5.74, 6) is 0.746. The minimum Gasteiger partial charge on any atom is -0.383 e. The average Bonchev–Trinajstić information content (AvgIpc) is 2.95. The van der Waals surface area contributed by atoms with Crippen LogP contribution in [0.4, 0.5) is 0 Å². The van der Waals surface area contributed by atoms with E-state index in [1.165, 1.54) is 0 Å². The van der Waals surface area contributed by atoms with Crippen molar-refractivity contribution in [3.8, 4) is 0 Å². The van der Waals surface area contributed by atoms with Gasteiger partial charge in [-0.25, -0.2) is 0 Å². The summed E-state index contributed by atoms with van der Waals surface area (Å²) in [4.78, 5) is 7.81. The summed E-state index contributed by atoms with van der Waals surface area (Å²) < 4.78 is 0. The lowest BCUT2D eigenvalue weighted by Crippen LogP contribution is -2.45. The molecule has 1 atom stereocenters. The fraction of sp³-hybridized carbons (Fsp3) is 0.706. The maximum absolute atomic E-state index is 10.6. The van der Waals surface area contributed by atoms with E-state index in [1.54, 1.807) is 11.3 Å². The van der Waals surface area contributed by atoms with Crippen LogP contribution >= 0.6 is 35.3 Å². The first-order valence-electron chi connectivity index (χ1n) is 8.09. The number of guanidine groups is 1. The Morgan fingerprint density at radius 3 is 2.46 bits per heavy atom. The Morgan fingerprint density at radius 2 is 1.96 bits per heavy atom. The first-order valence-corrected chi connectivity index (χ1v) is 8.97. The Bertz CT molecular complexity index is 487. The minimum absolute atomic E-state index is 0. The molecule has 1 heterocycles. The van der Waals surface area contributed by atoms with Gasteiger partial charge in [-0.1, -0.05) is 19.9 Å². The lowest BCUT2D eigenvalue weighted by Gasteiger charge is -2.27. The normalized spacial score (nSPS) is 14.9. The first-order chi connectivity index (χ1) is 10.7. The highest BCUT2D eigenvalue weighted by Crippen LogP contribution is 2.24. The third-order valence-electron chi connectivity index (χ3n) is 3.41. The van der Waals surface area contributed by atoms with Crippen molar-refractivity contribution in [1.82, 2.24) is 15.5 Å². The second-order valence-electron chi connectivity index (χ2n) is 7.20. The molecule has 0 aliphatic heterocycles. The molecule has 7 heteroatoms. The fourth-order valence-electron chi connectivity index (χ4n) is 2.47. The van der Waals surface area contributed by atoms with E-state index in [0.29, 0.717) is 6.54 Å². The first kappa shape index (κ1) is 23.6. The Hall–Kier alpha value is -0.380. The molecule has 0 saturated heterocycles. The molecule has 0 spiro atoms. The van der Waals surface area contributed by atoms with Gasteiger partial charge in [0.1, 0.15) is 5.60 Å². The predicted octanol–water partition coefficient (Wildman–Crippen LogP) is 2.72. The molecule has 0 aliphatic carbocycles. The van der Waals surface area contributed by atoms with Crippen LogP contribution in [0.2, 0.25) is 0 Å². The monoisotopic (exact) mass is 468 g/mol. The van der Waals surface area contributed by atoms with Crippen LogP contribution in [0.25, 0.3) is 0 Å². The molecule has 5 nitrogen and oxygen atoms in total. The summed E-state index contributed by atoms with van der Waals surface area (Å²) in [5.41, 5.74) is -0.800. The summed E-state index contributed by atoms with van der Waals surface area (Å²) >= 11 is 1.56. The van der Waals surface area contributed by atoms with Crippen molar-refractivity contribution >= 4 is 41.3 Å². The Kier molecular flexibility index (Phi) is 10.4. The molecular weight excluding hydrogens is 435 g/mol. The van der Waals surface area contributed by atoms with E-state index in [2.05, 4.69) is 48.5 Å². The molecular formula is C17H33IN4OS. The van der Waals surface area contributed by atoms with Crippen molar-refractivity contribution in [3.63, 3.8) is 0 Å². The van der Waals surface area contributed by atoms with Crippen molar-refractivity contribution in [1.29, 1.82) is 0 Å². The number of aliphatic imine (C=N–C) groups is 1. The standard InChI is InChI=1S/C17H32N4OS.HI/c1-7-18-15(19-11-16(2,3)13-21(5)6)20-12-17(4,22)14-9-8-10-23-14;/h8-10,22H,7,11-13H2,1-6H3,(H2,18,19,20);1H. The van der Waals surface area contributed by atoms with Crippen LogP contribution < -0.4 is 10.6 Å². The average molecular weight is 468 g/mol. The number of thiophene rings is 1. The van der Waals surface area contributed by atoms with Gasteiger partial charge < -0.3 is 20.6 Å². The van der Waals surface area contributed by atoms with E-state index in [9.17, 15) is 5.11 Å². The molecule has 0 bridgehead atoms. The molecule has 1 aromatic heterocycles. The number of hydrogen-bond donors (Lipinski definition) is 3. The number of nitrogens with zero attached hydrogens (tertiary/aromatic N) is 2. The molecule has 140 valence electrons. The van der Waals surface area contributed by atoms with E-state index in [4.69, 9.17) is 0 Å². The quantitative estimate of drug-likeness (QED) is 0.312. The van der Waals surface area contributed by atoms with Gasteiger partial charge in [-0.15, -0.1) is 35.3 Å². The van der Waals surface area contributed by atoms with Gasteiger partial charge in [0.25, 0.3) is 0 Å². The van der Waals surface area contributed by atoms with Crippen LogP contribution in [-0.4, -0.2) is 56.2 Å². The van der Waals surface area contributed by atoms with E-state index >= 15 is 0 Å². The molecule has 0 fully saturated rings. The van der Waals surface area contributed by atoms with Gasteiger partial charge >= 0.3 is 0 Å². The van der Waals surface area contributed by atoms with Crippen molar-refractivity contribution in [2.45, 2.75) is 33.3 Å². The molecule has 0 aromatic carbocycles. The van der Waals surface area contributed by atoms with Gasteiger partial charge in [-0.3, -0.25) is 4.99 Å². The molecule has 0 amide bonds. The van der Waals surface area contributed by atoms with Gasteiger partial charge in [-0.2, -0.15) is 0 Å². The van der Waals surface area contributed by atoms with Gasteiger partial charge in [0, 0.05) is 24.5 Å². The Morgan fingerprint density at radius 1 is 1.29 bits per heavy atom. The summed E-state index contributed by atoms with van der Waals surface area (Å²) in [6.07, 6.45) is 0. The summed E-state index contributed by atoms with van der Waals surface area (Å²) in [6, 6.07) is 3.91. The van der Waals surface area contributed by atoms with E-state index < -0.39 is 5.60 Å². The van der Waals surface area contributed by atoms with Gasteiger partial charge in [0.05, 0.1) is 6.54 Å². The van der Waals surface area contributed by atoms with Crippen LogP contribution in [0.15, 0.2) is 22.5 Å². The molecule has 1 aromatic rings. The Balaban J connectivity index is 0.00000529. The lowest BCUT2D eigenvalue weighted by molar-refractivity contribution is 0.0655. The highest BCUT2D eigenvalue weighted by atomic mass is 127. The summed E-state index contributed by atoms with van der Waals surface area (Å²) in [5, 5.41) is 19.1. The minimum atomic E-state index is -0.899.